The van der Waals surface area contributed by atoms with E-state index < -0.39 is 0 Å². The Morgan fingerprint density at radius 1 is 0.875 bits per heavy atom. The van der Waals surface area contributed by atoms with Gasteiger partial charge >= 0.3 is 6.03 Å². The number of imide groups is 1. The summed E-state index contributed by atoms with van der Waals surface area (Å²) in [7, 11) is 1.57. The first kappa shape index (κ1) is 33.6. The molecule has 0 aliphatic carbocycles. The van der Waals surface area contributed by atoms with Crippen LogP contribution in [-0.2, 0) is 9.59 Å². The molecule has 1 aliphatic rings. The maximum absolute atomic E-state index is 13.1. The number of anilines is 1. The summed E-state index contributed by atoms with van der Waals surface area (Å²) in [4.78, 5) is 41.2. The van der Waals surface area contributed by atoms with Gasteiger partial charge in [-0.15, -0.1) is 0 Å². The Hall–Kier alpha value is -2.61. The highest BCUT2D eigenvalue weighted by Crippen LogP contribution is 2.24. The lowest BCUT2D eigenvalue weighted by Gasteiger charge is -2.24. The Balaban J connectivity index is 1.69. The summed E-state index contributed by atoms with van der Waals surface area (Å²) in [5.41, 5.74) is 6.19. The van der Waals surface area contributed by atoms with Gasteiger partial charge in [-0.3, -0.25) is 9.59 Å². The van der Waals surface area contributed by atoms with Crippen molar-refractivity contribution < 1.29 is 19.1 Å². The fourth-order valence-corrected chi connectivity index (χ4v) is 5.29. The molecule has 1 aliphatic heterocycles. The molecule has 2 rings (SSSR count). The molecule has 1 saturated heterocycles. The van der Waals surface area contributed by atoms with E-state index in [2.05, 4.69) is 12.2 Å². The van der Waals surface area contributed by atoms with Crippen LogP contribution in [0.5, 0.6) is 5.75 Å². The first-order chi connectivity index (χ1) is 19.5. The maximum atomic E-state index is 13.1. The van der Waals surface area contributed by atoms with Crippen LogP contribution in [0.25, 0.3) is 0 Å². The molecule has 0 bridgehead atoms. The second-order valence-electron chi connectivity index (χ2n) is 11.1. The third kappa shape index (κ3) is 12.7. The van der Waals surface area contributed by atoms with Crippen molar-refractivity contribution in [3.05, 3.63) is 24.3 Å². The Morgan fingerprint density at radius 2 is 1.45 bits per heavy atom. The van der Waals surface area contributed by atoms with Crippen molar-refractivity contribution in [2.45, 2.75) is 122 Å². The molecule has 1 atom stereocenters. The summed E-state index contributed by atoms with van der Waals surface area (Å²) in [5.74, 6) is 0.408. The number of unbranched alkanes of at least 4 members (excludes halogenated alkanes) is 13. The average molecular weight is 559 g/mol. The summed E-state index contributed by atoms with van der Waals surface area (Å²) in [6.07, 6.45) is 19.5. The highest BCUT2D eigenvalue weighted by molar-refractivity contribution is 6.19. The van der Waals surface area contributed by atoms with E-state index in [1.165, 1.54) is 80.4 Å². The van der Waals surface area contributed by atoms with E-state index in [-0.39, 0.29) is 30.4 Å². The number of amides is 4. The number of ether oxygens (including phenoxy) is 1. The van der Waals surface area contributed by atoms with Crippen molar-refractivity contribution in [1.82, 2.24) is 10.2 Å². The van der Waals surface area contributed by atoms with Gasteiger partial charge in [0.2, 0.25) is 5.91 Å². The number of urea groups is 1. The third-order valence-corrected chi connectivity index (χ3v) is 7.69. The van der Waals surface area contributed by atoms with Crippen molar-refractivity contribution in [2.24, 2.45) is 5.73 Å². The maximum Gasteiger partial charge on any atom is 0.331 e. The fraction of sp³-hybridized carbons (Fsp3) is 0.719. The summed E-state index contributed by atoms with van der Waals surface area (Å²) in [6, 6.07) is 6.30. The molecule has 4 amide bonds. The van der Waals surface area contributed by atoms with Crippen molar-refractivity contribution in [2.75, 3.05) is 31.6 Å². The van der Waals surface area contributed by atoms with Crippen molar-refractivity contribution in [1.29, 1.82) is 0 Å². The zero-order valence-corrected chi connectivity index (χ0v) is 25.1. The van der Waals surface area contributed by atoms with Gasteiger partial charge in [-0.1, -0.05) is 90.4 Å². The van der Waals surface area contributed by atoms with Gasteiger partial charge in [0.15, 0.2) is 0 Å². The van der Waals surface area contributed by atoms with Crippen LogP contribution in [0.4, 0.5) is 10.5 Å². The van der Waals surface area contributed by atoms with E-state index in [9.17, 15) is 14.4 Å². The minimum Gasteiger partial charge on any atom is -0.497 e. The van der Waals surface area contributed by atoms with Crippen LogP contribution in [0, 0.1) is 0 Å². The molecule has 3 N–H and O–H groups in total. The largest absolute Gasteiger partial charge is 0.497 e. The van der Waals surface area contributed by atoms with Crippen LogP contribution in [0.15, 0.2) is 24.3 Å². The van der Waals surface area contributed by atoms with Gasteiger partial charge in [-0.25, -0.2) is 9.69 Å². The van der Waals surface area contributed by atoms with E-state index >= 15 is 0 Å². The molecular formula is C32H54N4O4. The minimum absolute atomic E-state index is 0.00692. The van der Waals surface area contributed by atoms with Gasteiger partial charge in [0.1, 0.15) is 12.3 Å². The average Bonchev–Trinajstić information content (AvgIpc) is 3.23. The highest BCUT2D eigenvalue weighted by atomic mass is 16.5. The fourth-order valence-electron chi connectivity index (χ4n) is 5.29. The smallest absolute Gasteiger partial charge is 0.331 e. The van der Waals surface area contributed by atoms with E-state index in [4.69, 9.17) is 10.5 Å². The lowest BCUT2D eigenvalue weighted by Crippen LogP contribution is -2.45. The number of hydrogen-bond donors (Lipinski definition) is 2. The summed E-state index contributed by atoms with van der Waals surface area (Å²) >= 11 is 0. The molecular weight excluding hydrogens is 504 g/mol. The van der Waals surface area contributed by atoms with Crippen molar-refractivity contribution in [3.63, 3.8) is 0 Å². The van der Waals surface area contributed by atoms with Gasteiger partial charge < -0.3 is 20.7 Å². The Labute approximate surface area is 242 Å². The highest BCUT2D eigenvalue weighted by Gasteiger charge is 2.38. The quantitative estimate of drug-likeness (QED) is 0.117. The molecule has 40 heavy (non-hydrogen) atoms. The molecule has 0 radical (unpaired) electrons. The molecule has 1 aromatic carbocycles. The summed E-state index contributed by atoms with van der Waals surface area (Å²) in [5, 5.41) is 3.13. The lowest BCUT2D eigenvalue weighted by molar-refractivity contribution is -0.122. The zero-order valence-electron chi connectivity index (χ0n) is 25.1. The molecule has 0 aromatic heterocycles. The SMILES string of the molecule is CCCCCCCCCCCCCCCC(=O)NC(CCCCN)CN1CC(=O)N(c2ccc(OC)cc2)C1=O. The molecule has 8 heteroatoms. The van der Waals surface area contributed by atoms with Crippen molar-refractivity contribution in [3.8, 4) is 5.75 Å². The van der Waals surface area contributed by atoms with Crippen LogP contribution in [0.1, 0.15) is 116 Å². The number of carbonyl (C=O) groups excluding carboxylic acids is 3. The number of nitrogens with one attached hydrogen (secondary N) is 1. The lowest BCUT2D eigenvalue weighted by atomic mass is 10.0. The van der Waals surface area contributed by atoms with E-state index in [1.807, 2.05) is 0 Å². The molecule has 8 nitrogen and oxygen atoms in total. The van der Waals surface area contributed by atoms with Crippen LogP contribution in [0.3, 0.4) is 0 Å². The Bertz CT molecular complexity index is 861. The number of carbonyl (C=O) groups is 3. The number of methoxy groups -OCH3 is 1. The van der Waals surface area contributed by atoms with Gasteiger partial charge in [0.25, 0.3) is 5.91 Å². The third-order valence-electron chi connectivity index (χ3n) is 7.69. The number of benzene rings is 1. The zero-order chi connectivity index (χ0) is 29.0. The van der Waals surface area contributed by atoms with E-state index in [0.29, 0.717) is 30.9 Å². The molecule has 226 valence electrons. The molecule has 1 heterocycles. The molecule has 0 spiro atoms. The molecule has 0 saturated carbocycles. The van der Waals surface area contributed by atoms with Crippen LogP contribution >= 0.6 is 0 Å². The van der Waals surface area contributed by atoms with E-state index in [0.717, 1.165) is 32.1 Å². The molecule has 1 aromatic rings. The van der Waals surface area contributed by atoms with Gasteiger partial charge in [-0.2, -0.15) is 0 Å². The summed E-state index contributed by atoms with van der Waals surface area (Å²) in [6.45, 7) is 3.17. The van der Waals surface area contributed by atoms with Gasteiger partial charge in [0, 0.05) is 19.0 Å². The predicted molar refractivity (Wildman–Crippen MR) is 163 cm³/mol. The minimum atomic E-state index is -0.357. The number of hydrogen-bond acceptors (Lipinski definition) is 5. The number of nitrogens with zero attached hydrogens (tertiary/aromatic N) is 2. The monoisotopic (exact) mass is 558 g/mol. The second-order valence-corrected chi connectivity index (χ2v) is 11.1. The topological polar surface area (TPSA) is 105 Å². The van der Waals surface area contributed by atoms with E-state index in [1.54, 1.807) is 31.4 Å². The van der Waals surface area contributed by atoms with Crippen molar-refractivity contribution >= 4 is 23.5 Å². The first-order valence-corrected chi connectivity index (χ1v) is 15.8. The number of nitrogens with two attached hydrogens (primary N) is 1. The second kappa shape index (κ2) is 20.3. The first-order valence-electron chi connectivity index (χ1n) is 15.8. The molecule has 1 unspecified atom stereocenters. The van der Waals surface area contributed by atoms with Crippen LogP contribution in [0.2, 0.25) is 0 Å². The summed E-state index contributed by atoms with van der Waals surface area (Å²) < 4.78 is 5.17. The normalized spacial score (nSPS) is 14.2. The Morgan fingerprint density at radius 3 is 2.00 bits per heavy atom. The van der Waals surface area contributed by atoms with Gasteiger partial charge in [0.05, 0.1) is 12.8 Å². The number of rotatable bonds is 23. The van der Waals surface area contributed by atoms with Crippen LogP contribution in [-0.4, -0.2) is 55.5 Å². The van der Waals surface area contributed by atoms with Gasteiger partial charge in [-0.05, 0) is 50.1 Å². The predicted octanol–water partition coefficient (Wildman–Crippen LogP) is 6.56. The molecule has 1 fully saturated rings. The van der Waals surface area contributed by atoms with Crippen LogP contribution < -0.4 is 20.7 Å². The Kier molecular flexibility index (Phi) is 17.0. The standard InChI is InChI=1S/C32H54N4O4/c1-3-4-5-6-7-8-9-10-11-12-13-14-15-19-30(37)34-27(18-16-17-24-33)25-35-26-31(38)36(32(35)39)28-20-22-29(40-2)23-21-28/h20-23,27H,3-19,24-26,33H2,1-2H3,(H,34,37).